The van der Waals surface area contributed by atoms with Crippen molar-refractivity contribution in [1.82, 2.24) is 9.97 Å². The number of hydrogen-bond donors (Lipinski definition) is 1. The molecule has 0 saturated carbocycles. The van der Waals surface area contributed by atoms with Crippen molar-refractivity contribution in [3.8, 4) is 17.3 Å². The third-order valence-electron chi connectivity index (χ3n) is 2.68. The summed E-state index contributed by atoms with van der Waals surface area (Å²) < 4.78 is 0. The Bertz CT molecular complexity index is 614. The molecule has 0 fully saturated rings. The van der Waals surface area contributed by atoms with E-state index in [0.717, 1.165) is 35.9 Å². The van der Waals surface area contributed by atoms with Crippen molar-refractivity contribution in [1.29, 1.82) is 5.26 Å². The molecule has 2 rings (SSSR count). The van der Waals surface area contributed by atoms with E-state index in [-0.39, 0.29) is 0 Å². The number of nitrogens with one attached hydrogen (secondary N) is 1. The monoisotopic (exact) mass is 252 g/mol. The van der Waals surface area contributed by atoms with Crippen LogP contribution in [-0.2, 0) is 0 Å². The molecule has 0 unspecified atom stereocenters. The summed E-state index contributed by atoms with van der Waals surface area (Å²) >= 11 is 0. The van der Waals surface area contributed by atoms with Crippen LogP contribution < -0.4 is 5.32 Å². The lowest BCUT2D eigenvalue weighted by Crippen LogP contribution is -2.04. The van der Waals surface area contributed by atoms with Crippen LogP contribution in [0.3, 0.4) is 0 Å². The molecule has 2 aromatic rings. The maximum atomic E-state index is 8.94. The predicted molar refractivity (Wildman–Crippen MR) is 75.7 cm³/mol. The molecule has 0 atom stereocenters. The van der Waals surface area contributed by atoms with Crippen molar-refractivity contribution in [3.63, 3.8) is 0 Å². The minimum Gasteiger partial charge on any atom is -0.370 e. The van der Waals surface area contributed by atoms with Crippen LogP contribution in [0.25, 0.3) is 11.3 Å². The number of rotatable bonds is 4. The third kappa shape index (κ3) is 3.29. The van der Waals surface area contributed by atoms with Gasteiger partial charge in [0.1, 0.15) is 11.6 Å². The molecule has 0 radical (unpaired) electrons. The Morgan fingerprint density at radius 3 is 2.84 bits per heavy atom. The molecule has 0 spiro atoms. The first-order valence-electron chi connectivity index (χ1n) is 6.33. The quantitative estimate of drug-likeness (QED) is 0.908. The van der Waals surface area contributed by atoms with Crippen LogP contribution in [0.2, 0.25) is 0 Å². The molecule has 96 valence electrons. The molecule has 0 saturated heterocycles. The van der Waals surface area contributed by atoms with E-state index in [2.05, 4.69) is 28.3 Å². The maximum absolute atomic E-state index is 8.94. The molecule has 1 aromatic carbocycles. The summed E-state index contributed by atoms with van der Waals surface area (Å²) in [6.45, 7) is 4.86. The second kappa shape index (κ2) is 5.96. The highest BCUT2D eigenvalue weighted by atomic mass is 15.0. The minimum absolute atomic E-state index is 0.636. The van der Waals surface area contributed by atoms with Gasteiger partial charge in [-0.15, -0.1) is 0 Å². The van der Waals surface area contributed by atoms with E-state index in [0.29, 0.717) is 5.56 Å². The number of benzene rings is 1. The van der Waals surface area contributed by atoms with Gasteiger partial charge in [-0.05, 0) is 25.5 Å². The van der Waals surface area contributed by atoms with Crippen LogP contribution >= 0.6 is 0 Å². The number of aromatic nitrogens is 2. The highest BCUT2D eigenvalue weighted by Gasteiger charge is 2.05. The Hall–Kier alpha value is -2.41. The van der Waals surface area contributed by atoms with E-state index >= 15 is 0 Å². The summed E-state index contributed by atoms with van der Waals surface area (Å²) in [5.74, 6) is 1.55. The lowest BCUT2D eigenvalue weighted by Gasteiger charge is -2.08. The zero-order chi connectivity index (χ0) is 13.7. The molecule has 1 aromatic heterocycles. The Balaban J connectivity index is 2.38. The number of aryl methyl sites for hydroxylation is 1. The topological polar surface area (TPSA) is 61.6 Å². The summed E-state index contributed by atoms with van der Waals surface area (Å²) in [4.78, 5) is 8.78. The summed E-state index contributed by atoms with van der Waals surface area (Å²) in [6, 6.07) is 11.5. The largest absolute Gasteiger partial charge is 0.370 e. The third-order valence-corrected chi connectivity index (χ3v) is 2.68. The molecule has 1 heterocycles. The Labute approximate surface area is 113 Å². The van der Waals surface area contributed by atoms with Gasteiger partial charge in [-0.25, -0.2) is 9.97 Å². The molecule has 0 bridgehead atoms. The highest BCUT2D eigenvalue weighted by Crippen LogP contribution is 2.20. The zero-order valence-corrected chi connectivity index (χ0v) is 11.1. The summed E-state index contributed by atoms with van der Waals surface area (Å²) in [5, 5.41) is 12.2. The maximum Gasteiger partial charge on any atom is 0.130 e. The van der Waals surface area contributed by atoms with E-state index in [1.54, 1.807) is 6.07 Å². The van der Waals surface area contributed by atoms with Crippen molar-refractivity contribution in [2.24, 2.45) is 0 Å². The first kappa shape index (κ1) is 13.0. The van der Waals surface area contributed by atoms with Gasteiger partial charge in [0.15, 0.2) is 0 Å². The van der Waals surface area contributed by atoms with E-state index in [1.807, 2.05) is 31.2 Å². The fraction of sp³-hybridized carbons (Fsp3) is 0.267. The van der Waals surface area contributed by atoms with Gasteiger partial charge in [-0.1, -0.05) is 19.1 Å². The van der Waals surface area contributed by atoms with Crippen LogP contribution in [0.5, 0.6) is 0 Å². The van der Waals surface area contributed by atoms with Gasteiger partial charge in [0.25, 0.3) is 0 Å². The average molecular weight is 252 g/mol. The van der Waals surface area contributed by atoms with Gasteiger partial charge in [0, 0.05) is 18.2 Å². The van der Waals surface area contributed by atoms with E-state index in [1.165, 1.54) is 0 Å². The van der Waals surface area contributed by atoms with Crippen molar-refractivity contribution in [2.75, 3.05) is 11.9 Å². The minimum atomic E-state index is 0.636. The zero-order valence-electron chi connectivity index (χ0n) is 11.1. The molecule has 0 aliphatic carbocycles. The van der Waals surface area contributed by atoms with Crippen LogP contribution in [0.4, 0.5) is 5.82 Å². The van der Waals surface area contributed by atoms with Gasteiger partial charge in [-0.3, -0.25) is 0 Å². The van der Waals surface area contributed by atoms with E-state index in [9.17, 15) is 0 Å². The van der Waals surface area contributed by atoms with Gasteiger partial charge in [0.05, 0.1) is 17.3 Å². The Kier molecular flexibility index (Phi) is 4.09. The fourth-order valence-electron chi connectivity index (χ4n) is 1.81. The van der Waals surface area contributed by atoms with Crippen molar-refractivity contribution < 1.29 is 0 Å². The molecule has 0 amide bonds. The number of nitrogens with zero attached hydrogens (tertiary/aromatic N) is 3. The molecule has 4 heteroatoms. The van der Waals surface area contributed by atoms with Crippen LogP contribution in [0.15, 0.2) is 30.3 Å². The molecule has 19 heavy (non-hydrogen) atoms. The van der Waals surface area contributed by atoms with Crippen molar-refractivity contribution >= 4 is 5.82 Å². The lowest BCUT2D eigenvalue weighted by atomic mass is 10.1. The van der Waals surface area contributed by atoms with E-state index < -0.39 is 0 Å². The Morgan fingerprint density at radius 1 is 1.26 bits per heavy atom. The first-order valence-corrected chi connectivity index (χ1v) is 6.33. The van der Waals surface area contributed by atoms with Crippen molar-refractivity contribution in [3.05, 3.63) is 41.7 Å². The predicted octanol–water partition coefficient (Wildman–Crippen LogP) is 3.15. The molecular weight excluding hydrogens is 236 g/mol. The smallest absolute Gasteiger partial charge is 0.130 e. The van der Waals surface area contributed by atoms with E-state index in [4.69, 9.17) is 5.26 Å². The molecular formula is C15H16N4. The van der Waals surface area contributed by atoms with Crippen LogP contribution in [0, 0.1) is 18.3 Å². The highest BCUT2D eigenvalue weighted by molar-refractivity contribution is 5.64. The number of nitriles is 1. The SMILES string of the molecule is CCCNc1cc(-c2cccc(C#N)c2)nc(C)n1. The van der Waals surface area contributed by atoms with Gasteiger partial charge in [-0.2, -0.15) is 5.26 Å². The molecule has 0 aliphatic heterocycles. The van der Waals surface area contributed by atoms with Crippen LogP contribution in [0.1, 0.15) is 24.7 Å². The van der Waals surface area contributed by atoms with Crippen molar-refractivity contribution in [2.45, 2.75) is 20.3 Å². The van der Waals surface area contributed by atoms with Crippen LogP contribution in [-0.4, -0.2) is 16.5 Å². The molecule has 1 N–H and O–H groups in total. The fourth-order valence-corrected chi connectivity index (χ4v) is 1.81. The number of hydrogen-bond acceptors (Lipinski definition) is 4. The normalized spacial score (nSPS) is 9.95. The summed E-state index contributed by atoms with van der Waals surface area (Å²) in [6.07, 6.45) is 1.04. The average Bonchev–Trinajstić information content (AvgIpc) is 2.44. The second-order valence-corrected chi connectivity index (χ2v) is 4.31. The summed E-state index contributed by atoms with van der Waals surface area (Å²) in [5.41, 5.74) is 2.41. The van der Waals surface area contributed by atoms with Gasteiger partial charge < -0.3 is 5.32 Å². The standard InChI is InChI=1S/C15H16N4/c1-3-7-17-15-9-14(18-11(2)19-15)13-6-4-5-12(8-13)10-16/h4-6,8-9H,3,7H2,1-2H3,(H,17,18,19). The van der Waals surface area contributed by atoms with Gasteiger partial charge >= 0.3 is 0 Å². The molecule has 0 aliphatic rings. The Morgan fingerprint density at radius 2 is 2.11 bits per heavy atom. The second-order valence-electron chi connectivity index (χ2n) is 4.31. The van der Waals surface area contributed by atoms with Gasteiger partial charge in [0.2, 0.25) is 0 Å². The lowest BCUT2D eigenvalue weighted by molar-refractivity contribution is 0.955. The summed E-state index contributed by atoms with van der Waals surface area (Å²) in [7, 11) is 0. The first-order chi connectivity index (χ1) is 9.22. The molecule has 4 nitrogen and oxygen atoms in total. The number of anilines is 1.